The Morgan fingerprint density at radius 3 is 2.61 bits per heavy atom. The summed E-state index contributed by atoms with van der Waals surface area (Å²) in [5.74, 6) is -1.67. The van der Waals surface area contributed by atoms with Gasteiger partial charge in [0.15, 0.2) is 0 Å². The summed E-state index contributed by atoms with van der Waals surface area (Å²) in [5, 5.41) is 4.88. The van der Waals surface area contributed by atoms with E-state index in [1.807, 2.05) is 0 Å². The first kappa shape index (κ1) is 18.5. The van der Waals surface area contributed by atoms with Gasteiger partial charge in [0.1, 0.15) is 6.61 Å². The molecule has 9 heteroatoms. The van der Waals surface area contributed by atoms with Crippen molar-refractivity contribution in [2.75, 3.05) is 26.3 Å². The van der Waals surface area contributed by atoms with Crippen molar-refractivity contribution in [1.82, 2.24) is 10.6 Å². The van der Waals surface area contributed by atoms with Crippen molar-refractivity contribution in [3.05, 3.63) is 12.2 Å². The quantitative estimate of drug-likeness (QED) is 0.270. The molecule has 1 saturated heterocycles. The lowest BCUT2D eigenvalue weighted by Gasteiger charge is -2.10. The minimum atomic E-state index is -0.848. The first-order chi connectivity index (χ1) is 10.9. The highest BCUT2D eigenvalue weighted by atomic mass is 16.6. The number of hydrogen-bond donors (Lipinski definition) is 2. The summed E-state index contributed by atoms with van der Waals surface area (Å²) in [6.45, 7) is 5.38. The first-order valence-corrected chi connectivity index (χ1v) is 7.10. The highest BCUT2D eigenvalue weighted by Gasteiger charge is 2.29. The number of ether oxygens (including phenoxy) is 3. The number of nitrogens with one attached hydrogen (secondary N) is 2. The molecular formula is C14H20N2O7. The maximum absolute atomic E-state index is 11.5. The van der Waals surface area contributed by atoms with E-state index in [0.29, 0.717) is 6.42 Å². The van der Waals surface area contributed by atoms with Crippen molar-refractivity contribution >= 4 is 23.9 Å². The number of amides is 2. The molecule has 1 fully saturated rings. The summed E-state index contributed by atoms with van der Waals surface area (Å²) < 4.78 is 14.3. The zero-order valence-electron chi connectivity index (χ0n) is 12.9. The number of urea groups is 1. The van der Waals surface area contributed by atoms with Gasteiger partial charge in [0.2, 0.25) is 6.10 Å². The van der Waals surface area contributed by atoms with Gasteiger partial charge in [-0.2, -0.15) is 0 Å². The van der Waals surface area contributed by atoms with Crippen molar-refractivity contribution in [3.8, 4) is 0 Å². The monoisotopic (exact) mass is 328 g/mol. The zero-order chi connectivity index (χ0) is 17.2. The molecule has 1 aliphatic rings. The van der Waals surface area contributed by atoms with E-state index in [2.05, 4.69) is 21.9 Å². The zero-order valence-corrected chi connectivity index (χ0v) is 12.9. The van der Waals surface area contributed by atoms with Crippen LogP contribution in [0, 0.1) is 0 Å². The topological polar surface area (TPSA) is 120 Å². The summed E-state index contributed by atoms with van der Waals surface area (Å²) in [6.07, 6.45) is -0.567. The number of cyclic esters (lactones) is 1. The molecule has 1 heterocycles. The van der Waals surface area contributed by atoms with Gasteiger partial charge in [-0.1, -0.05) is 6.58 Å². The van der Waals surface area contributed by atoms with Crippen LogP contribution in [0.2, 0.25) is 0 Å². The van der Waals surface area contributed by atoms with E-state index in [4.69, 9.17) is 9.47 Å². The molecule has 1 aliphatic heterocycles. The Morgan fingerprint density at radius 2 is 2.00 bits per heavy atom. The summed E-state index contributed by atoms with van der Waals surface area (Å²) in [4.78, 5) is 45.0. The van der Waals surface area contributed by atoms with Gasteiger partial charge in [-0.3, -0.25) is 4.79 Å². The number of esters is 3. The fraction of sp³-hybridized carbons (Fsp3) is 0.571. The Hall–Kier alpha value is -2.58. The SMILES string of the molecule is C=C(C)C(=O)OCCNC(=O)NCCC(=O)OC1CCOC1=O. The van der Waals surface area contributed by atoms with E-state index in [-0.39, 0.29) is 38.3 Å². The van der Waals surface area contributed by atoms with Crippen molar-refractivity contribution in [3.63, 3.8) is 0 Å². The highest BCUT2D eigenvalue weighted by Crippen LogP contribution is 2.10. The Kier molecular flexibility index (Phi) is 7.58. The average Bonchev–Trinajstić information content (AvgIpc) is 2.88. The van der Waals surface area contributed by atoms with Gasteiger partial charge in [-0.05, 0) is 6.92 Å². The molecule has 1 rings (SSSR count). The molecule has 2 amide bonds. The van der Waals surface area contributed by atoms with E-state index in [0.717, 1.165) is 0 Å². The van der Waals surface area contributed by atoms with Crippen LogP contribution in [0.3, 0.4) is 0 Å². The van der Waals surface area contributed by atoms with Crippen LogP contribution >= 0.6 is 0 Å². The lowest BCUT2D eigenvalue weighted by atomic mass is 10.3. The molecular weight excluding hydrogens is 308 g/mol. The van der Waals surface area contributed by atoms with Crippen molar-refractivity contribution < 1.29 is 33.4 Å². The maximum atomic E-state index is 11.5. The molecule has 0 saturated carbocycles. The smallest absolute Gasteiger partial charge is 0.347 e. The van der Waals surface area contributed by atoms with Crippen LogP contribution in [0.15, 0.2) is 12.2 Å². The van der Waals surface area contributed by atoms with Crippen LogP contribution < -0.4 is 10.6 Å². The van der Waals surface area contributed by atoms with Gasteiger partial charge in [0, 0.05) is 18.5 Å². The second-order valence-corrected chi connectivity index (χ2v) is 4.78. The van der Waals surface area contributed by atoms with Crippen LogP contribution in [0.5, 0.6) is 0 Å². The number of hydrogen-bond acceptors (Lipinski definition) is 7. The maximum Gasteiger partial charge on any atom is 0.347 e. The third-order valence-corrected chi connectivity index (χ3v) is 2.74. The standard InChI is InChI=1S/C14H20N2O7/c1-9(2)12(18)22-8-6-16-14(20)15-5-3-11(17)23-10-4-7-21-13(10)19/h10H,1,3-8H2,2H3,(H2,15,16,20). The Morgan fingerprint density at radius 1 is 1.30 bits per heavy atom. The van der Waals surface area contributed by atoms with Gasteiger partial charge in [0.25, 0.3) is 0 Å². The Bertz CT molecular complexity index is 490. The molecule has 0 aromatic heterocycles. The number of rotatable bonds is 8. The highest BCUT2D eigenvalue weighted by molar-refractivity contribution is 5.87. The molecule has 0 aromatic carbocycles. The molecule has 0 aliphatic carbocycles. The predicted octanol–water partition coefficient (Wildman–Crippen LogP) is -0.346. The van der Waals surface area contributed by atoms with Crippen molar-refractivity contribution in [2.45, 2.75) is 25.9 Å². The molecule has 1 unspecified atom stereocenters. The van der Waals surface area contributed by atoms with Gasteiger partial charge in [-0.25, -0.2) is 14.4 Å². The lowest BCUT2D eigenvalue weighted by molar-refractivity contribution is -0.160. The van der Waals surface area contributed by atoms with E-state index in [1.54, 1.807) is 0 Å². The van der Waals surface area contributed by atoms with Crippen LogP contribution in [-0.2, 0) is 28.6 Å². The second kappa shape index (κ2) is 9.44. The molecule has 9 nitrogen and oxygen atoms in total. The molecule has 0 spiro atoms. The Labute approximate surface area is 133 Å². The Balaban J connectivity index is 2.05. The lowest BCUT2D eigenvalue weighted by Crippen LogP contribution is -2.38. The summed E-state index contributed by atoms with van der Waals surface area (Å²) >= 11 is 0. The fourth-order valence-corrected chi connectivity index (χ4v) is 1.57. The average molecular weight is 328 g/mol. The van der Waals surface area contributed by atoms with E-state index in [9.17, 15) is 19.2 Å². The largest absolute Gasteiger partial charge is 0.463 e. The molecule has 23 heavy (non-hydrogen) atoms. The van der Waals surface area contributed by atoms with Crippen LogP contribution in [-0.4, -0.2) is 56.3 Å². The third-order valence-electron chi connectivity index (χ3n) is 2.74. The van der Waals surface area contributed by atoms with E-state index in [1.165, 1.54) is 6.92 Å². The van der Waals surface area contributed by atoms with Gasteiger partial charge in [-0.15, -0.1) is 0 Å². The van der Waals surface area contributed by atoms with Gasteiger partial charge < -0.3 is 24.8 Å². The second-order valence-electron chi connectivity index (χ2n) is 4.78. The predicted molar refractivity (Wildman–Crippen MR) is 77.2 cm³/mol. The van der Waals surface area contributed by atoms with Crippen molar-refractivity contribution in [2.24, 2.45) is 0 Å². The van der Waals surface area contributed by atoms with Gasteiger partial charge >= 0.3 is 23.9 Å². The molecule has 1 atom stereocenters. The van der Waals surface area contributed by atoms with Crippen molar-refractivity contribution in [1.29, 1.82) is 0 Å². The van der Waals surface area contributed by atoms with Crippen LogP contribution in [0.1, 0.15) is 19.8 Å². The van der Waals surface area contributed by atoms with Crippen LogP contribution in [0.4, 0.5) is 4.79 Å². The number of carbonyl (C=O) groups is 4. The first-order valence-electron chi connectivity index (χ1n) is 7.10. The minimum Gasteiger partial charge on any atom is -0.463 e. The fourth-order valence-electron chi connectivity index (χ4n) is 1.57. The van der Waals surface area contributed by atoms with Gasteiger partial charge in [0.05, 0.1) is 19.6 Å². The normalized spacial score (nSPS) is 16.2. The molecule has 0 aromatic rings. The van der Waals surface area contributed by atoms with Crippen LogP contribution in [0.25, 0.3) is 0 Å². The summed E-state index contributed by atoms with van der Waals surface area (Å²) in [6, 6.07) is -0.510. The number of carbonyl (C=O) groups excluding carboxylic acids is 4. The molecule has 2 N–H and O–H groups in total. The molecule has 0 bridgehead atoms. The molecule has 128 valence electrons. The summed E-state index contributed by atoms with van der Waals surface area (Å²) in [5.41, 5.74) is 0.277. The molecule has 0 radical (unpaired) electrons. The third kappa shape index (κ3) is 7.30. The van der Waals surface area contributed by atoms with E-state index >= 15 is 0 Å². The summed E-state index contributed by atoms with van der Waals surface area (Å²) in [7, 11) is 0. The van der Waals surface area contributed by atoms with E-state index < -0.39 is 30.0 Å². The minimum absolute atomic E-state index is 0.0188.